The fraction of sp³-hybridized carbons (Fsp3) is 1.00. The Labute approximate surface area is 162 Å². The Morgan fingerprint density at radius 3 is 0.655 bits per heavy atom. The molecule has 0 bridgehead atoms. The second-order valence-electron chi connectivity index (χ2n) is 3.85. The van der Waals surface area contributed by atoms with E-state index in [1.54, 1.807) is 0 Å². The zero-order valence-electron chi connectivity index (χ0n) is 12.4. The van der Waals surface area contributed by atoms with Crippen molar-refractivity contribution >= 4 is 60.5 Å². The first-order valence-corrected chi connectivity index (χ1v) is 16.1. The summed E-state index contributed by atoms with van der Waals surface area (Å²) in [6.45, 7) is 0. The molecule has 0 aromatic heterocycles. The van der Waals surface area contributed by atoms with Gasteiger partial charge in [-0.15, -0.1) is 0 Å². The molecule has 0 rings (SSSR count). The van der Waals surface area contributed by atoms with Crippen molar-refractivity contribution in [2.24, 2.45) is 0 Å². The summed E-state index contributed by atoms with van der Waals surface area (Å²) < 4.78 is 199. The average Bonchev–Trinajstić information content (AvgIpc) is 2.43. The van der Waals surface area contributed by atoms with E-state index in [9.17, 15) is 68.8 Å². The van der Waals surface area contributed by atoms with Crippen molar-refractivity contribution in [3.63, 3.8) is 0 Å². The molecule has 0 aliphatic heterocycles. The van der Waals surface area contributed by atoms with Crippen molar-refractivity contribution in [3.05, 3.63) is 0 Å². The van der Waals surface area contributed by atoms with Gasteiger partial charge in [-0.2, -0.15) is 0 Å². The molecule has 0 amide bonds. The number of rotatable bonds is 12. The molecule has 0 fully saturated rings. The molecule has 0 radical (unpaired) electrons. The molecule has 0 atom stereocenters. The summed E-state index contributed by atoms with van der Waals surface area (Å²) in [5.74, 6) is -19.5. The minimum atomic E-state index is -8.86. The van der Waals surface area contributed by atoms with Crippen molar-refractivity contribution in [2.45, 2.75) is 23.0 Å². The molecule has 0 unspecified atom stereocenters. The Bertz CT molecular complexity index is 821. The number of alkyl halides is 8. The molecule has 0 saturated carbocycles. The zero-order chi connectivity index (χ0) is 23.6. The summed E-state index contributed by atoms with van der Waals surface area (Å²) in [4.78, 5) is 0. The van der Waals surface area contributed by atoms with Crippen LogP contribution in [0.3, 0.4) is 0 Å². The second kappa shape index (κ2) is 9.57. The van der Waals surface area contributed by atoms with Crippen molar-refractivity contribution in [2.75, 3.05) is 0 Å². The van der Waals surface area contributed by atoms with Crippen LogP contribution in [0.1, 0.15) is 0 Å². The molecule has 0 heterocycles. The van der Waals surface area contributed by atoms with Crippen molar-refractivity contribution in [1.82, 2.24) is 0 Å². The van der Waals surface area contributed by atoms with E-state index in [4.69, 9.17) is 0 Å². The van der Waals surface area contributed by atoms with Gasteiger partial charge in [0.05, 0.1) is 0 Å². The third-order valence-electron chi connectivity index (χ3n) is 1.75. The molecule has 176 valence electrons. The summed E-state index contributed by atoms with van der Waals surface area (Å²) in [5.41, 5.74) is 0. The van der Waals surface area contributed by atoms with E-state index < -0.39 is 83.5 Å². The average molecular weight is 643 g/mol. The van der Waals surface area contributed by atoms with Crippen LogP contribution in [0, 0.1) is 0 Å². The van der Waals surface area contributed by atoms with E-state index in [0.717, 1.165) is 0 Å². The molecule has 25 heteroatoms. The number of hydrogen-bond acceptors (Lipinski definition) is 12. The predicted molar refractivity (Wildman–Crippen MR) is 69.8 cm³/mol. The maximum absolute atomic E-state index is 12.4. The van der Waals surface area contributed by atoms with Crippen molar-refractivity contribution < 1.29 is 78.9 Å². The predicted octanol–water partition coefficient (Wildman–Crippen LogP) is -0.302. The summed E-state index contributed by atoms with van der Waals surface area (Å²) >= 11 is -8.86. The standard InChI is InChI=1S/4CH2F2O3S.Sn/c4*2-1(3)7(4,5)6;/h4*1H,(H,4,5,6);/q;;;;+4/p-4. The maximum atomic E-state index is 12.4. The van der Waals surface area contributed by atoms with E-state index >= 15 is 0 Å². The van der Waals surface area contributed by atoms with E-state index in [1.165, 1.54) is 0 Å². The number of hydrogen-bond donors (Lipinski definition) is 0. The third kappa shape index (κ3) is 8.14. The van der Waals surface area contributed by atoms with Crippen molar-refractivity contribution in [3.8, 4) is 0 Å². The molecule has 29 heavy (non-hydrogen) atoms. The van der Waals surface area contributed by atoms with Gasteiger partial charge in [-0.3, -0.25) is 0 Å². The van der Waals surface area contributed by atoms with Gasteiger partial charge in [-0.25, -0.2) is 0 Å². The van der Waals surface area contributed by atoms with Gasteiger partial charge in [0, 0.05) is 0 Å². The second-order valence-corrected chi connectivity index (χ2v) is 18.4. The van der Waals surface area contributed by atoms with Gasteiger partial charge < -0.3 is 0 Å². The van der Waals surface area contributed by atoms with Gasteiger partial charge in [-0.1, -0.05) is 0 Å². The first-order valence-electron chi connectivity index (χ1n) is 5.51. The Morgan fingerprint density at radius 2 is 0.552 bits per heavy atom. The molecule has 0 saturated heterocycles. The molecule has 0 N–H and O–H groups in total. The van der Waals surface area contributed by atoms with Gasteiger partial charge in [-0.05, 0) is 0 Å². The van der Waals surface area contributed by atoms with Crippen LogP contribution in [0.5, 0.6) is 0 Å². The fourth-order valence-electron chi connectivity index (χ4n) is 0.798. The minimum absolute atomic E-state index is 2.97. The van der Waals surface area contributed by atoms with E-state index in [0.29, 0.717) is 0 Å². The van der Waals surface area contributed by atoms with E-state index in [-0.39, 0.29) is 0 Å². The van der Waals surface area contributed by atoms with Crippen LogP contribution in [0.4, 0.5) is 35.1 Å². The summed E-state index contributed by atoms with van der Waals surface area (Å²) in [5, 5.41) is 0. The van der Waals surface area contributed by atoms with Crippen LogP contribution in [0.25, 0.3) is 0 Å². The summed E-state index contributed by atoms with van der Waals surface area (Å²) in [7, 11) is -27.2. The quantitative estimate of drug-likeness (QED) is 0.201. The monoisotopic (exact) mass is 644 g/mol. The van der Waals surface area contributed by atoms with Crippen LogP contribution >= 0.6 is 0 Å². The normalized spacial score (nSPS) is 15.0. The molecule has 0 aromatic carbocycles. The molecule has 0 aromatic rings. The van der Waals surface area contributed by atoms with E-state index in [2.05, 4.69) is 10.1 Å². The Morgan fingerprint density at radius 1 is 0.414 bits per heavy atom. The summed E-state index contributed by atoms with van der Waals surface area (Å²) in [6, 6.07) is 0. The molecule has 0 aliphatic carbocycles. The summed E-state index contributed by atoms with van der Waals surface area (Å²) in [6.07, 6.45) is 0. The van der Waals surface area contributed by atoms with Crippen LogP contribution in [-0.4, -0.2) is 76.7 Å². The van der Waals surface area contributed by atoms with Gasteiger partial charge in [0.1, 0.15) is 0 Å². The fourth-order valence-corrected chi connectivity index (χ4v) is 19.4. The molecular formula is C4H4F8O12S4Sn. The SMILES string of the molecule is O=S(=O)([O][Sn]([O]S(=O)(=O)C(F)F)([O]S(=O)(=O)C(F)F)[O]S(=O)(=O)C(F)F)C(F)F. The third-order valence-corrected chi connectivity index (χ3v) is 20.2. The Kier molecular flexibility index (Phi) is 9.53. The Hall–Kier alpha value is -0.121. The van der Waals surface area contributed by atoms with Gasteiger partial charge in [0.15, 0.2) is 0 Å². The topological polar surface area (TPSA) is 173 Å². The van der Waals surface area contributed by atoms with Gasteiger partial charge >= 0.3 is 162 Å². The van der Waals surface area contributed by atoms with Crippen LogP contribution < -0.4 is 0 Å². The van der Waals surface area contributed by atoms with Crippen LogP contribution in [0.2, 0.25) is 0 Å². The molecule has 12 nitrogen and oxygen atoms in total. The molecule has 0 aliphatic rings. The first kappa shape index (κ1) is 28.9. The Balaban J connectivity index is 6.93. The van der Waals surface area contributed by atoms with E-state index in [1.807, 2.05) is 0 Å². The van der Waals surface area contributed by atoms with Crippen LogP contribution in [-0.2, 0) is 50.6 Å². The zero-order valence-corrected chi connectivity index (χ0v) is 18.5. The molecular weight excluding hydrogens is 639 g/mol. The number of halogens is 8. The van der Waals surface area contributed by atoms with Crippen molar-refractivity contribution in [1.29, 1.82) is 0 Å². The molecule has 0 spiro atoms. The van der Waals surface area contributed by atoms with Gasteiger partial charge in [0.2, 0.25) is 0 Å². The van der Waals surface area contributed by atoms with Crippen LogP contribution in [0.15, 0.2) is 0 Å². The van der Waals surface area contributed by atoms with Gasteiger partial charge in [0.25, 0.3) is 0 Å². The first-order chi connectivity index (χ1) is 12.6.